The van der Waals surface area contributed by atoms with E-state index < -0.39 is 0 Å². The molecule has 0 aliphatic heterocycles. The summed E-state index contributed by atoms with van der Waals surface area (Å²) < 4.78 is 10.6. The third-order valence-corrected chi connectivity index (χ3v) is 3.68. The lowest BCUT2D eigenvalue weighted by molar-refractivity contribution is 0.360. The first-order valence-corrected chi connectivity index (χ1v) is 7.01. The van der Waals surface area contributed by atoms with Crippen LogP contribution < -0.4 is 10.5 Å². The largest absolute Gasteiger partial charge is 0.497 e. The van der Waals surface area contributed by atoms with Crippen LogP contribution in [0.25, 0.3) is 22.0 Å². The van der Waals surface area contributed by atoms with Gasteiger partial charge < -0.3 is 15.0 Å². The molecule has 4 heteroatoms. The van der Waals surface area contributed by atoms with E-state index in [0.29, 0.717) is 0 Å². The third kappa shape index (κ3) is 2.62. The van der Waals surface area contributed by atoms with Gasteiger partial charge >= 0.3 is 0 Å². The lowest BCUT2D eigenvalue weighted by Crippen LogP contribution is -2.06. The molecule has 0 aliphatic carbocycles. The molecule has 1 aromatic heterocycles. The van der Waals surface area contributed by atoms with Crippen molar-refractivity contribution in [2.75, 3.05) is 7.11 Å². The van der Waals surface area contributed by atoms with Gasteiger partial charge in [0.15, 0.2) is 5.76 Å². The molecule has 0 spiro atoms. The Morgan fingerprint density at radius 1 is 1.14 bits per heavy atom. The second kappa shape index (κ2) is 5.58. The molecule has 0 amide bonds. The zero-order chi connectivity index (χ0) is 14.8. The molecule has 2 N–H and O–H groups in total. The van der Waals surface area contributed by atoms with Crippen molar-refractivity contribution < 1.29 is 9.26 Å². The van der Waals surface area contributed by atoms with Crippen LogP contribution in [0, 0.1) is 0 Å². The molecule has 3 aromatic rings. The van der Waals surface area contributed by atoms with Gasteiger partial charge in [-0.3, -0.25) is 0 Å². The van der Waals surface area contributed by atoms with Gasteiger partial charge in [0.2, 0.25) is 0 Å². The minimum Gasteiger partial charge on any atom is -0.497 e. The van der Waals surface area contributed by atoms with Crippen LogP contribution in [0.15, 0.2) is 47.0 Å². The van der Waals surface area contributed by atoms with Crippen LogP contribution in [-0.4, -0.2) is 12.3 Å². The minimum atomic E-state index is -0.101. The van der Waals surface area contributed by atoms with E-state index in [9.17, 15) is 0 Å². The highest BCUT2D eigenvalue weighted by atomic mass is 16.5. The van der Waals surface area contributed by atoms with Gasteiger partial charge in [-0.05, 0) is 35.4 Å². The number of methoxy groups -OCH3 is 1. The molecule has 0 radical (unpaired) electrons. The molecule has 3 rings (SSSR count). The highest BCUT2D eigenvalue weighted by Crippen LogP contribution is 2.28. The Labute approximate surface area is 123 Å². The second-order valence-electron chi connectivity index (χ2n) is 5.06. The monoisotopic (exact) mass is 282 g/mol. The summed E-state index contributed by atoms with van der Waals surface area (Å²) >= 11 is 0. The number of ether oxygens (including phenoxy) is 1. The molecular weight excluding hydrogens is 264 g/mol. The molecule has 4 nitrogen and oxygen atoms in total. The quantitative estimate of drug-likeness (QED) is 0.788. The van der Waals surface area contributed by atoms with Crippen molar-refractivity contribution in [1.29, 1.82) is 0 Å². The van der Waals surface area contributed by atoms with Gasteiger partial charge in [0, 0.05) is 11.6 Å². The van der Waals surface area contributed by atoms with Crippen molar-refractivity contribution in [3.8, 4) is 17.0 Å². The summed E-state index contributed by atoms with van der Waals surface area (Å²) in [5.41, 5.74) is 7.79. The van der Waals surface area contributed by atoms with Crippen LogP contribution in [-0.2, 0) is 0 Å². The van der Waals surface area contributed by atoms with Crippen molar-refractivity contribution in [2.45, 2.75) is 19.4 Å². The predicted molar refractivity (Wildman–Crippen MR) is 83.2 cm³/mol. The second-order valence-corrected chi connectivity index (χ2v) is 5.06. The van der Waals surface area contributed by atoms with E-state index >= 15 is 0 Å². The SMILES string of the molecule is CCC(N)c1cc(-c2ccc3cc(OC)ccc3c2)no1. The zero-order valence-corrected chi connectivity index (χ0v) is 12.2. The maximum Gasteiger partial charge on any atom is 0.154 e. The van der Waals surface area contributed by atoms with Crippen LogP contribution in [0.1, 0.15) is 25.1 Å². The number of rotatable bonds is 4. The summed E-state index contributed by atoms with van der Waals surface area (Å²) in [6.45, 7) is 2.02. The fourth-order valence-corrected chi connectivity index (χ4v) is 2.31. The third-order valence-electron chi connectivity index (χ3n) is 3.68. The maximum absolute atomic E-state index is 5.96. The van der Waals surface area contributed by atoms with E-state index in [2.05, 4.69) is 17.3 Å². The van der Waals surface area contributed by atoms with Gasteiger partial charge in [0.05, 0.1) is 13.2 Å². The Kier molecular flexibility index (Phi) is 3.62. The van der Waals surface area contributed by atoms with Gasteiger partial charge in [-0.2, -0.15) is 0 Å². The van der Waals surface area contributed by atoms with Gasteiger partial charge in [-0.25, -0.2) is 0 Å². The summed E-state index contributed by atoms with van der Waals surface area (Å²) in [5.74, 6) is 1.58. The van der Waals surface area contributed by atoms with Crippen molar-refractivity contribution in [2.24, 2.45) is 5.73 Å². The molecule has 108 valence electrons. The molecule has 2 aromatic carbocycles. The summed E-state index contributed by atoms with van der Waals surface area (Å²) in [7, 11) is 1.67. The first-order chi connectivity index (χ1) is 10.2. The maximum atomic E-state index is 5.96. The average Bonchev–Trinajstić information content (AvgIpc) is 3.03. The topological polar surface area (TPSA) is 61.3 Å². The van der Waals surface area contributed by atoms with E-state index in [1.54, 1.807) is 7.11 Å². The number of nitrogens with two attached hydrogens (primary N) is 1. The molecule has 1 atom stereocenters. The van der Waals surface area contributed by atoms with E-state index in [0.717, 1.165) is 40.0 Å². The van der Waals surface area contributed by atoms with Gasteiger partial charge in [-0.1, -0.05) is 30.3 Å². The van der Waals surface area contributed by atoms with Crippen LogP contribution in [0.2, 0.25) is 0 Å². The zero-order valence-electron chi connectivity index (χ0n) is 12.2. The minimum absolute atomic E-state index is 0.101. The van der Waals surface area contributed by atoms with E-state index in [1.165, 1.54) is 0 Å². The lowest BCUT2D eigenvalue weighted by atomic mass is 10.0. The molecule has 0 saturated heterocycles. The van der Waals surface area contributed by atoms with Crippen molar-refractivity contribution in [1.82, 2.24) is 5.16 Å². The van der Waals surface area contributed by atoms with Gasteiger partial charge in [0.25, 0.3) is 0 Å². The Morgan fingerprint density at radius 3 is 2.67 bits per heavy atom. The van der Waals surface area contributed by atoms with Gasteiger partial charge in [-0.15, -0.1) is 0 Å². The van der Waals surface area contributed by atoms with Gasteiger partial charge in [0.1, 0.15) is 11.4 Å². The van der Waals surface area contributed by atoms with E-state index in [1.807, 2.05) is 37.3 Å². The van der Waals surface area contributed by atoms with E-state index in [4.69, 9.17) is 15.0 Å². The molecule has 1 heterocycles. The molecule has 1 unspecified atom stereocenters. The summed E-state index contributed by atoms with van der Waals surface area (Å²) in [5, 5.41) is 6.38. The first-order valence-electron chi connectivity index (χ1n) is 7.01. The Hall–Kier alpha value is -2.33. The normalized spacial score (nSPS) is 12.5. The first kappa shape index (κ1) is 13.6. The summed E-state index contributed by atoms with van der Waals surface area (Å²) in [4.78, 5) is 0. The van der Waals surface area contributed by atoms with Crippen LogP contribution in [0.4, 0.5) is 0 Å². The number of benzene rings is 2. The van der Waals surface area contributed by atoms with Crippen LogP contribution >= 0.6 is 0 Å². The number of hydrogen-bond acceptors (Lipinski definition) is 4. The number of fused-ring (bicyclic) bond motifs is 1. The molecule has 0 bridgehead atoms. The van der Waals surface area contributed by atoms with Crippen LogP contribution in [0.5, 0.6) is 5.75 Å². The lowest BCUT2D eigenvalue weighted by Gasteiger charge is -2.04. The molecule has 0 saturated carbocycles. The Balaban J connectivity index is 1.99. The smallest absolute Gasteiger partial charge is 0.154 e. The standard InChI is InChI=1S/C17H18N2O2/c1-3-15(18)17-10-16(19-21-17)13-5-4-12-9-14(20-2)7-6-11(12)8-13/h4-10,15H,3,18H2,1-2H3. The summed E-state index contributed by atoms with van der Waals surface area (Å²) in [6, 6.07) is 14.0. The van der Waals surface area contributed by atoms with E-state index in [-0.39, 0.29) is 6.04 Å². The Morgan fingerprint density at radius 2 is 1.90 bits per heavy atom. The fourth-order valence-electron chi connectivity index (χ4n) is 2.31. The molecule has 0 fully saturated rings. The molecular formula is C17H18N2O2. The van der Waals surface area contributed by atoms with Crippen molar-refractivity contribution in [3.05, 3.63) is 48.2 Å². The number of nitrogens with zero attached hydrogens (tertiary/aromatic N) is 1. The predicted octanol–water partition coefficient (Wildman–Crippen LogP) is 3.91. The number of hydrogen-bond donors (Lipinski definition) is 1. The van der Waals surface area contributed by atoms with Crippen molar-refractivity contribution >= 4 is 10.8 Å². The molecule has 0 aliphatic rings. The highest BCUT2D eigenvalue weighted by molar-refractivity contribution is 5.87. The summed E-state index contributed by atoms with van der Waals surface area (Å²) in [6.07, 6.45) is 0.826. The van der Waals surface area contributed by atoms with Crippen LogP contribution in [0.3, 0.4) is 0 Å². The fraction of sp³-hybridized carbons (Fsp3) is 0.235. The number of aromatic nitrogens is 1. The molecule has 21 heavy (non-hydrogen) atoms. The Bertz CT molecular complexity index is 764. The average molecular weight is 282 g/mol. The highest BCUT2D eigenvalue weighted by Gasteiger charge is 2.12. The van der Waals surface area contributed by atoms with Crippen molar-refractivity contribution in [3.63, 3.8) is 0 Å².